The molecule has 0 saturated heterocycles. The van der Waals surface area contributed by atoms with E-state index in [1.165, 1.54) is 10.9 Å². The molecule has 26 heavy (non-hydrogen) atoms. The monoisotopic (exact) mass is 371 g/mol. The average Bonchev–Trinajstić information content (AvgIpc) is 3.02. The minimum atomic E-state index is -0.746. The number of anilines is 1. The molecule has 0 radical (unpaired) electrons. The molecule has 2 aromatic carbocycles. The average molecular weight is 372 g/mol. The lowest BCUT2D eigenvalue weighted by atomic mass is 10.2. The van der Waals surface area contributed by atoms with Crippen LogP contribution in [0.25, 0.3) is 22.4 Å². The molecule has 2 N–H and O–H groups in total. The van der Waals surface area contributed by atoms with Gasteiger partial charge in [-0.15, -0.1) is 0 Å². The molecular formula is C18H12ClF2N5. The number of aromatic nitrogens is 4. The lowest BCUT2D eigenvalue weighted by Crippen LogP contribution is -2.07. The van der Waals surface area contributed by atoms with E-state index in [4.69, 9.17) is 17.3 Å². The molecule has 8 heteroatoms. The fourth-order valence-electron chi connectivity index (χ4n) is 2.68. The molecule has 0 aliphatic carbocycles. The molecule has 0 unspecified atom stereocenters. The summed E-state index contributed by atoms with van der Waals surface area (Å²) in [5.41, 5.74) is 7.38. The smallest absolute Gasteiger partial charge is 0.164 e. The first-order valence-corrected chi connectivity index (χ1v) is 8.08. The summed E-state index contributed by atoms with van der Waals surface area (Å²) in [7, 11) is 0. The van der Waals surface area contributed by atoms with E-state index in [0.717, 1.165) is 17.7 Å². The van der Waals surface area contributed by atoms with Gasteiger partial charge in [0.15, 0.2) is 11.5 Å². The van der Waals surface area contributed by atoms with Gasteiger partial charge in [0.05, 0.1) is 23.2 Å². The van der Waals surface area contributed by atoms with Gasteiger partial charge < -0.3 is 5.73 Å². The molecule has 0 saturated carbocycles. The van der Waals surface area contributed by atoms with Gasteiger partial charge in [-0.3, -0.25) is 0 Å². The third kappa shape index (κ3) is 2.86. The van der Waals surface area contributed by atoms with Crippen LogP contribution in [0.1, 0.15) is 5.56 Å². The van der Waals surface area contributed by atoms with Crippen molar-refractivity contribution in [3.8, 4) is 11.4 Å². The van der Waals surface area contributed by atoms with Crippen molar-refractivity contribution in [3.63, 3.8) is 0 Å². The number of hydrogen-bond donors (Lipinski definition) is 1. The molecule has 0 spiro atoms. The van der Waals surface area contributed by atoms with Gasteiger partial charge in [0.25, 0.3) is 0 Å². The van der Waals surface area contributed by atoms with Crippen molar-refractivity contribution in [2.45, 2.75) is 6.54 Å². The van der Waals surface area contributed by atoms with E-state index in [-0.39, 0.29) is 22.9 Å². The molecule has 5 nitrogen and oxygen atoms in total. The molecule has 4 rings (SSSR count). The van der Waals surface area contributed by atoms with Crippen LogP contribution < -0.4 is 5.73 Å². The lowest BCUT2D eigenvalue weighted by Gasteiger charge is -2.08. The predicted molar refractivity (Wildman–Crippen MR) is 95.6 cm³/mol. The fraction of sp³-hybridized carbons (Fsp3) is 0.0556. The number of nitrogen functional groups attached to an aromatic ring is 1. The Bertz CT molecular complexity index is 1090. The van der Waals surface area contributed by atoms with E-state index in [9.17, 15) is 8.78 Å². The summed E-state index contributed by atoms with van der Waals surface area (Å²) < 4.78 is 28.8. The van der Waals surface area contributed by atoms with Crippen molar-refractivity contribution >= 4 is 28.5 Å². The number of fused-ring (bicyclic) bond motifs is 1. The Morgan fingerprint density at radius 1 is 1.08 bits per heavy atom. The largest absolute Gasteiger partial charge is 0.383 e. The molecule has 0 amide bonds. The molecule has 2 heterocycles. The van der Waals surface area contributed by atoms with Gasteiger partial charge in [0, 0.05) is 17.2 Å². The predicted octanol–water partition coefficient (Wildman–Crippen LogP) is 4.06. The second kappa shape index (κ2) is 6.34. The van der Waals surface area contributed by atoms with Gasteiger partial charge in [-0.2, -0.15) is 5.10 Å². The Kier molecular flexibility index (Phi) is 4.00. The highest BCUT2D eigenvalue weighted by Crippen LogP contribution is 2.26. The molecule has 130 valence electrons. The van der Waals surface area contributed by atoms with Crippen LogP contribution in [0, 0.1) is 11.6 Å². The van der Waals surface area contributed by atoms with E-state index in [1.807, 2.05) is 30.3 Å². The van der Waals surface area contributed by atoms with Crippen molar-refractivity contribution in [2.75, 3.05) is 5.73 Å². The maximum absolute atomic E-state index is 14.1. The Balaban J connectivity index is 1.83. The summed E-state index contributed by atoms with van der Waals surface area (Å²) in [6.45, 7) is -0.0148. The summed E-state index contributed by atoms with van der Waals surface area (Å²) in [4.78, 5) is 8.81. The molecule has 2 aromatic heterocycles. The number of nitrogens with zero attached hydrogens (tertiary/aromatic N) is 4. The molecule has 0 bridgehead atoms. The third-order valence-electron chi connectivity index (χ3n) is 3.97. The quantitative estimate of drug-likeness (QED) is 0.589. The molecule has 0 aliphatic heterocycles. The fourth-order valence-corrected chi connectivity index (χ4v) is 2.94. The summed E-state index contributed by atoms with van der Waals surface area (Å²) in [6.07, 6.45) is 1.51. The van der Waals surface area contributed by atoms with Crippen molar-refractivity contribution in [1.29, 1.82) is 0 Å². The number of hydrogen-bond acceptors (Lipinski definition) is 4. The standard InChI is InChI=1S/C18H12ClF2N5/c19-14-6-11(20)7-15(21)13(14)9-26-18-12(8-23-26)16(22)24-17(25-18)10-4-2-1-3-5-10/h1-8H,9H2,(H2,22,24,25). The Hall–Kier alpha value is -3.06. The minimum Gasteiger partial charge on any atom is -0.383 e. The van der Waals surface area contributed by atoms with E-state index >= 15 is 0 Å². The number of halogens is 3. The zero-order valence-corrected chi connectivity index (χ0v) is 14.1. The Morgan fingerprint density at radius 3 is 2.58 bits per heavy atom. The Morgan fingerprint density at radius 2 is 1.85 bits per heavy atom. The summed E-state index contributed by atoms with van der Waals surface area (Å²) in [5.74, 6) is -0.780. The van der Waals surface area contributed by atoms with Crippen molar-refractivity contribution < 1.29 is 8.78 Å². The van der Waals surface area contributed by atoms with Crippen LogP contribution in [-0.4, -0.2) is 19.7 Å². The number of rotatable bonds is 3. The Labute approximate surface area is 152 Å². The summed E-state index contributed by atoms with van der Waals surface area (Å²) in [5, 5.41) is 4.73. The van der Waals surface area contributed by atoms with Crippen LogP contribution >= 0.6 is 11.6 Å². The summed E-state index contributed by atoms with van der Waals surface area (Å²) in [6, 6.07) is 11.2. The van der Waals surface area contributed by atoms with E-state index < -0.39 is 11.6 Å². The highest BCUT2D eigenvalue weighted by Gasteiger charge is 2.16. The van der Waals surface area contributed by atoms with E-state index in [1.54, 1.807) is 0 Å². The SMILES string of the molecule is Nc1nc(-c2ccccc2)nc2c1cnn2Cc1c(F)cc(F)cc1Cl. The molecule has 4 aromatic rings. The van der Waals surface area contributed by atoms with Crippen LogP contribution in [0.15, 0.2) is 48.7 Å². The summed E-state index contributed by atoms with van der Waals surface area (Å²) >= 11 is 5.98. The molecular weight excluding hydrogens is 360 g/mol. The third-order valence-corrected chi connectivity index (χ3v) is 4.31. The van der Waals surface area contributed by atoms with Crippen molar-refractivity contribution in [2.24, 2.45) is 0 Å². The normalized spacial score (nSPS) is 11.2. The number of benzene rings is 2. The van der Waals surface area contributed by atoms with E-state index in [2.05, 4.69) is 15.1 Å². The maximum atomic E-state index is 14.1. The first-order valence-electron chi connectivity index (χ1n) is 7.71. The highest BCUT2D eigenvalue weighted by atomic mass is 35.5. The van der Waals surface area contributed by atoms with Crippen molar-refractivity contribution in [3.05, 3.63) is 70.9 Å². The van der Waals surface area contributed by atoms with Crippen LogP contribution in [0.3, 0.4) is 0 Å². The van der Waals surface area contributed by atoms with Crippen LogP contribution in [0.5, 0.6) is 0 Å². The van der Waals surface area contributed by atoms with Gasteiger partial charge in [-0.25, -0.2) is 23.4 Å². The van der Waals surface area contributed by atoms with E-state index in [0.29, 0.717) is 16.9 Å². The molecule has 0 fully saturated rings. The van der Waals surface area contributed by atoms with Gasteiger partial charge in [-0.05, 0) is 6.07 Å². The second-order valence-electron chi connectivity index (χ2n) is 5.69. The van der Waals surface area contributed by atoms with Crippen LogP contribution in [-0.2, 0) is 6.54 Å². The van der Waals surface area contributed by atoms with Gasteiger partial charge in [0.2, 0.25) is 0 Å². The van der Waals surface area contributed by atoms with Crippen LogP contribution in [0.4, 0.5) is 14.6 Å². The minimum absolute atomic E-state index is 0.0148. The topological polar surface area (TPSA) is 69.6 Å². The highest BCUT2D eigenvalue weighted by molar-refractivity contribution is 6.31. The van der Waals surface area contributed by atoms with Gasteiger partial charge >= 0.3 is 0 Å². The maximum Gasteiger partial charge on any atom is 0.164 e. The molecule has 0 atom stereocenters. The first-order chi connectivity index (χ1) is 12.5. The molecule has 0 aliphatic rings. The van der Waals surface area contributed by atoms with Crippen molar-refractivity contribution in [1.82, 2.24) is 19.7 Å². The zero-order valence-electron chi connectivity index (χ0n) is 13.3. The lowest BCUT2D eigenvalue weighted by molar-refractivity contribution is 0.561. The van der Waals surface area contributed by atoms with Gasteiger partial charge in [0.1, 0.15) is 17.5 Å². The zero-order chi connectivity index (χ0) is 18.3. The second-order valence-corrected chi connectivity index (χ2v) is 6.09. The van der Waals surface area contributed by atoms with Gasteiger partial charge in [-0.1, -0.05) is 41.9 Å². The number of nitrogens with two attached hydrogens (primary N) is 1. The first kappa shape index (κ1) is 16.4. The van der Waals surface area contributed by atoms with Crippen LogP contribution in [0.2, 0.25) is 5.02 Å².